The summed E-state index contributed by atoms with van der Waals surface area (Å²) in [4.78, 5) is 12.2. The number of hydrogen-bond acceptors (Lipinski definition) is 2. The summed E-state index contributed by atoms with van der Waals surface area (Å²) >= 11 is 0. The van der Waals surface area contributed by atoms with Gasteiger partial charge in [-0.15, -0.1) is 0 Å². The molecule has 9 heavy (non-hydrogen) atoms. The van der Waals surface area contributed by atoms with Gasteiger partial charge in [-0.2, -0.15) is 0 Å². The van der Waals surface area contributed by atoms with Crippen molar-refractivity contribution in [3.63, 3.8) is 0 Å². The van der Waals surface area contributed by atoms with Gasteiger partial charge in [0.25, 0.3) is 0 Å². The van der Waals surface area contributed by atoms with Crippen LogP contribution in [0.1, 0.15) is 13.3 Å². The fraction of sp³-hybridized carbons (Fsp3) is 0.833. The van der Waals surface area contributed by atoms with Crippen LogP contribution in [0, 0.1) is 0 Å². The maximum atomic E-state index is 10.7. The molecule has 1 N–H and O–H groups in total. The minimum Gasteiger partial charge on any atom is -0.393 e. The number of carbonyl (C=O) groups is 1. The first-order chi connectivity index (χ1) is 4.04. The molecule has 1 unspecified atom stereocenters. The Hall–Kier alpha value is -0.570. The monoisotopic (exact) mass is 131 g/mol. The van der Waals surface area contributed by atoms with E-state index in [-0.39, 0.29) is 12.3 Å². The largest absolute Gasteiger partial charge is 0.393 e. The lowest BCUT2D eigenvalue weighted by atomic mass is 10.3. The van der Waals surface area contributed by atoms with Crippen molar-refractivity contribution in [3.8, 4) is 0 Å². The van der Waals surface area contributed by atoms with Gasteiger partial charge >= 0.3 is 0 Å². The van der Waals surface area contributed by atoms with Crippen molar-refractivity contribution in [1.82, 2.24) is 4.90 Å². The van der Waals surface area contributed by atoms with Gasteiger partial charge in [-0.3, -0.25) is 4.79 Å². The van der Waals surface area contributed by atoms with Crippen LogP contribution < -0.4 is 0 Å². The summed E-state index contributed by atoms with van der Waals surface area (Å²) in [6.07, 6.45) is -0.313. The van der Waals surface area contributed by atoms with Gasteiger partial charge < -0.3 is 10.0 Å². The number of amides is 1. The second kappa shape index (κ2) is 3.45. The summed E-state index contributed by atoms with van der Waals surface area (Å²) in [7, 11) is 3.34. The van der Waals surface area contributed by atoms with E-state index < -0.39 is 6.10 Å². The van der Waals surface area contributed by atoms with Gasteiger partial charge in [-0.25, -0.2) is 0 Å². The van der Waals surface area contributed by atoms with E-state index in [1.165, 1.54) is 4.90 Å². The molecule has 0 rings (SSSR count). The molecule has 0 aromatic rings. The minimum atomic E-state index is -0.528. The number of hydrogen-bond donors (Lipinski definition) is 1. The first kappa shape index (κ1) is 8.43. The summed E-state index contributed by atoms with van der Waals surface area (Å²) in [5.74, 6) is -0.0370. The van der Waals surface area contributed by atoms with Crippen LogP contribution >= 0.6 is 0 Å². The molecule has 0 aromatic carbocycles. The molecular weight excluding hydrogens is 118 g/mol. The lowest BCUT2D eigenvalue weighted by Gasteiger charge is -2.10. The SMILES string of the molecule is CC(O)CC(=O)N(C)C. The topological polar surface area (TPSA) is 40.5 Å². The number of aliphatic hydroxyl groups excluding tert-OH is 1. The summed E-state index contributed by atoms with van der Waals surface area (Å²) in [5, 5.41) is 8.72. The zero-order chi connectivity index (χ0) is 7.44. The van der Waals surface area contributed by atoms with Crippen LogP contribution in [0.5, 0.6) is 0 Å². The maximum Gasteiger partial charge on any atom is 0.224 e. The van der Waals surface area contributed by atoms with E-state index in [2.05, 4.69) is 0 Å². The molecule has 0 aliphatic carbocycles. The predicted molar refractivity (Wildman–Crippen MR) is 35.0 cm³/mol. The molecule has 0 bridgehead atoms. The number of rotatable bonds is 2. The third-order valence-electron chi connectivity index (χ3n) is 0.969. The van der Waals surface area contributed by atoms with E-state index in [0.29, 0.717) is 0 Å². The first-order valence-corrected chi connectivity index (χ1v) is 2.92. The second-order valence-corrected chi connectivity index (χ2v) is 2.34. The smallest absolute Gasteiger partial charge is 0.224 e. The number of carbonyl (C=O) groups excluding carboxylic acids is 1. The van der Waals surface area contributed by atoms with Crippen molar-refractivity contribution in [2.24, 2.45) is 0 Å². The molecule has 54 valence electrons. The van der Waals surface area contributed by atoms with Crippen molar-refractivity contribution in [3.05, 3.63) is 0 Å². The van der Waals surface area contributed by atoms with E-state index >= 15 is 0 Å². The average Bonchev–Trinajstić information content (AvgIpc) is 1.63. The van der Waals surface area contributed by atoms with Gasteiger partial charge in [-0.1, -0.05) is 0 Å². The molecule has 0 radical (unpaired) electrons. The molecule has 0 saturated carbocycles. The quantitative estimate of drug-likeness (QED) is 0.566. The zero-order valence-electron chi connectivity index (χ0n) is 6.09. The highest BCUT2D eigenvalue weighted by molar-refractivity contribution is 5.75. The van der Waals surface area contributed by atoms with E-state index in [9.17, 15) is 4.79 Å². The lowest BCUT2D eigenvalue weighted by Crippen LogP contribution is -2.24. The summed E-state index contributed by atoms with van der Waals surface area (Å²) in [5.41, 5.74) is 0. The molecule has 0 fully saturated rings. The molecule has 0 saturated heterocycles. The molecule has 0 aromatic heterocycles. The molecule has 1 atom stereocenters. The van der Waals surface area contributed by atoms with Gasteiger partial charge in [0.1, 0.15) is 0 Å². The molecule has 0 aliphatic heterocycles. The molecule has 0 spiro atoms. The summed E-state index contributed by atoms with van der Waals surface area (Å²) < 4.78 is 0. The Morgan fingerprint density at radius 2 is 2.11 bits per heavy atom. The van der Waals surface area contributed by atoms with Crippen LogP contribution in [0.25, 0.3) is 0 Å². The number of nitrogens with zero attached hydrogens (tertiary/aromatic N) is 1. The highest BCUT2D eigenvalue weighted by Gasteiger charge is 2.06. The Balaban J connectivity index is 3.51. The highest BCUT2D eigenvalue weighted by Crippen LogP contribution is 1.92. The van der Waals surface area contributed by atoms with Crippen molar-refractivity contribution in [1.29, 1.82) is 0 Å². The third-order valence-corrected chi connectivity index (χ3v) is 0.969. The fourth-order valence-corrected chi connectivity index (χ4v) is 0.435. The van der Waals surface area contributed by atoms with E-state index in [4.69, 9.17) is 5.11 Å². The summed E-state index contributed by atoms with van der Waals surface area (Å²) in [6, 6.07) is 0. The van der Waals surface area contributed by atoms with Gasteiger partial charge in [-0.05, 0) is 6.92 Å². The van der Waals surface area contributed by atoms with Crippen LogP contribution in [-0.4, -0.2) is 36.1 Å². The molecule has 3 heteroatoms. The van der Waals surface area contributed by atoms with E-state index in [1.54, 1.807) is 21.0 Å². The van der Waals surface area contributed by atoms with Crippen LogP contribution in [0.4, 0.5) is 0 Å². The zero-order valence-corrected chi connectivity index (χ0v) is 6.09. The van der Waals surface area contributed by atoms with Gasteiger partial charge in [0, 0.05) is 14.1 Å². The Labute approximate surface area is 55.3 Å². The molecule has 3 nitrogen and oxygen atoms in total. The summed E-state index contributed by atoms with van der Waals surface area (Å²) in [6.45, 7) is 1.60. The van der Waals surface area contributed by atoms with Crippen LogP contribution in [0.3, 0.4) is 0 Å². The van der Waals surface area contributed by atoms with Gasteiger partial charge in [0.15, 0.2) is 0 Å². The molecule has 1 amide bonds. The van der Waals surface area contributed by atoms with Crippen molar-refractivity contribution >= 4 is 5.91 Å². The van der Waals surface area contributed by atoms with Gasteiger partial charge in [0.2, 0.25) is 5.91 Å². The Morgan fingerprint density at radius 1 is 1.67 bits per heavy atom. The number of aliphatic hydroxyl groups is 1. The standard InChI is InChI=1S/C6H13NO2/c1-5(8)4-6(9)7(2)3/h5,8H,4H2,1-3H3. The maximum absolute atomic E-state index is 10.7. The van der Waals surface area contributed by atoms with Gasteiger partial charge in [0.05, 0.1) is 12.5 Å². The van der Waals surface area contributed by atoms with Crippen LogP contribution in [0.2, 0.25) is 0 Å². The first-order valence-electron chi connectivity index (χ1n) is 2.92. The van der Waals surface area contributed by atoms with Crippen molar-refractivity contribution < 1.29 is 9.90 Å². The highest BCUT2D eigenvalue weighted by atomic mass is 16.3. The second-order valence-electron chi connectivity index (χ2n) is 2.34. The Morgan fingerprint density at radius 3 is 2.22 bits per heavy atom. The molecule has 0 heterocycles. The third kappa shape index (κ3) is 3.97. The van der Waals surface area contributed by atoms with Crippen LogP contribution in [0.15, 0.2) is 0 Å². The predicted octanol–water partition coefficient (Wildman–Crippen LogP) is -0.155. The Kier molecular flexibility index (Phi) is 3.24. The van der Waals surface area contributed by atoms with E-state index in [0.717, 1.165) is 0 Å². The van der Waals surface area contributed by atoms with Crippen LogP contribution in [-0.2, 0) is 4.79 Å². The van der Waals surface area contributed by atoms with Crippen molar-refractivity contribution in [2.45, 2.75) is 19.4 Å². The molecule has 0 aliphatic rings. The Bertz CT molecular complexity index is 99.2. The van der Waals surface area contributed by atoms with Crippen molar-refractivity contribution in [2.75, 3.05) is 14.1 Å². The van der Waals surface area contributed by atoms with E-state index in [1.807, 2.05) is 0 Å². The minimum absolute atomic E-state index is 0.0370. The molecular formula is C6H13NO2. The fourth-order valence-electron chi connectivity index (χ4n) is 0.435. The lowest BCUT2D eigenvalue weighted by molar-refractivity contribution is -0.130. The normalized spacial score (nSPS) is 12.9. The average molecular weight is 131 g/mol.